The molecule has 20 heavy (non-hydrogen) atoms. The first-order valence-corrected chi connectivity index (χ1v) is 7.75. The second-order valence-electron chi connectivity index (χ2n) is 7.18. The lowest BCUT2D eigenvalue weighted by Gasteiger charge is -2.31. The minimum absolute atomic E-state index is 0.0380. The molecule has 0 aliphatic heterocycles. The van der Waals surface area contributed by atoms with Crippen LogP contribution in [0, 0.1) is 22.7 Å². The van der Waals surface area contributed by atoms with Gasteiger partial charge in [-0.05, 0) is 36.2 Å². The molecule has 3 atom stereocenters. The second kappa shape index (κ2) is 5.01. The zero-order valence-electron chi connectivity index (χ0n) is 13.0. The van der Waals surface area contributed by atoms with Crippen molar-refractivity contribution in [2.24, 2.45) is 22.7 Å². The number of carbonyl (C=O) groups is 2. The van der Waals surface area contributed by atoms with Crippen LogP contribution in [0.3, 0.4) is 0 Å². The maximum absolute atomic E-state index is 12.7. The smallest absolute Gasteiger partial charge is 0.310 e. The Hall–Kier alpha value is -1.12. The van der Waals surface area contributed by atoms with Crippen molar-refractivity contribution in [3.05, 3.63) is 11.6 Å². The van der Waals surface area contributed by atoms with E-state index in [-0.39, 0.29) is 22.5 Å². The fourth-order valence-corrected chi connectivity index (χ4v) is 4.04. The minimum atomic E-state index is -0.801. The predicted molar refractivity (Wildman–Crippen MR) is 78.4 cm³/mol. The molecule has 0 heterocycles. The highest BCUT2D eigenvalue weighted by Gasteiger charge is 2.63. The summed E-state index contributed by atoms with van der Waals surface area (Å²) in [6.07, 6.45) is 6.23. The van der Waals surface area contributed by atoms with E-state index in [1.807, 2.05) is 0 Å². The molecule has 2 rings (SSSR count). The molecule has 2 bridgehead atoms. The second-order valence-corrected chi connectivity index (χ2v) is 7.18. The number of Topliss-reactive ketones (excluding diaryl/α,β-unsaturated/α-hetero) is 1. The molecule has 0 amide bonds. The SMILES string of the molecule is CCCC[C@H](/C=C1/C(=O)[C@]2(C)CC[C@@H]1C2(C)C)C(=O)O. The topological polar surface area (TPSA) is 54.4 Å². The van der Waals surface area contributed by atoms with Gasteiger partial charge in [0.2, 0.25) is 0 Å². The Morgan fingerprint density at radius 2 is 2.10 bits per heavy atom. The Morgan fingerprint density at radius 1 is 1.45 bits per heavy atom. The highest BCUT2D eigenvalue weighted by molar-refractivity contribution is 6.05. The molecule has 0 aromatic rings. The van der Waals surface area contributed by atoms with Crippen molar-refractivity contribution in [2.75, 3.05) is 0 Å². The Balaban J connectivity index is 2.31. The van der Waals surface area contributed by atoms with Crippen LogP contribution in [-0.4, -0.2) is 16.9 Å². The molecule has 0 aromatic heterocycles. The number of allylic oxidation sites excluding steroid dienone is 1. The molecule has 0 unspecified atom stereocenters. The molecular weight excluding hydrogens is 252 g/mol. The standard InChI is InChI=1S/C17H26O3/c1-5-6-7-11(15(19)20)10-12-13-8-9-17(4,14(12)18)16(13,2)3/h10-11,13H,5-9H2,1-4H3,(H,19,20)/b12-10+/t11-,13+,17+/m1/s1. The molecule has 0 saturated heterocycles. The number of aliphatic carboxylic acids is 1. The van der Waals surface area contributed by atoms with Crippen LogP contribution in [0.1, 0.15) is 59.8 Å². The quantitative estimate of drug-likeness (QED) is 0.778. The highest BCUT2D eigenvalue weighted by Crippen LogP contribution is 2.65. The van der Waals surface area contributed by atoms with Crippen LogP contribution in [0.25, 0.3) is 0 Å². The average Bonchev–Trinajstić information content (AvgIpc) is 2.67. The van der Waals surface area contributed by atoms with Gasteiger partial charge in [0.1, 0.15) is 0 Å². The van der Waals surface area contributed by atoms with Gasteiger partial charge in [-0.2, -0.15) is 0 Å². The van der Waals surface area contributed by atoms with Gasteiger partial charge >= 0.3 is 5.97 Å². The lowest BCUT2D eigenvalue weighted by molar-refractivity contribution is -0.140. The Morgan fingerprint density at radius 3 is 2.55 bits per heavy atom. The Bertz CT molecular complexity index is 461. The maximum atomic E-state index is 12.7. The van der Waals surface area contributed by atoms with Crippen molar-refractivity contribution in [1.29, 1.82) is 0 Å². The van der Waals surface area contributed by atoms with E-state index >= 15 is 0 Å². The third-order valence-electron chi connectivity index (χ3n) is 5.93. The number of rotatable bonds is 5. The van der Waals surface area contributed by atoms with Crippen LogP contribution in [0.2, 0.25) is 0 Å². The van der Waals surface area contributed by atoms with E-state index in [1.54, 1.807) is 6.08 Å². The van der Waals surface area contributed by atoms with Gasteiger partial charge in [-0.3, -0.25) is 9.59 Å². The van der Waals surface area contributed by atoms with Crippen LogP contribution < -0.4 is 0 Å². The number of carbonyl (C=O) groups excluding carboxylic acids is 1. The zero-order chi connectivity index (χ0) is 15.1. The number of carboxylic acids is 1. The van der Waals surface area contributed by atoms with Gasteiger partial charge in [0.15, 0.2) is 5.78 Å². The van der Waals surface area contributed by atoms with Crippen molar-refractivity contribution in [3.8, 4) is 0 Å². The molecule has 0 aromatic carbocycles. The van der Waals surface area contributed by atoms with Crippen LogP contribution in [0.15, 0.2) is 11.6 Å². The van der Waals surface area contributed by atoms with Gasteiger partial charge in [-0.1, -0.05) is 46.6 Å². The van der Waals surface area contributed by atoms with Gasteiger partial charge in [0, 0.05) is 5.41 Å². The third kappa shape index (κ3) is 2.02. The first kappa shape index (κ1) is 15.3. The van der Waals surface area contributed by atoms with E-state index in [1.165, 1.54) is 0 Å². The van der Waals surface area contributed by atoms with Crippen molar-refractivity contribution in [1.82, 2.24) is 0 Å². The number of hydrogen-bond acceptors (Lipinski definition) is 2. The molecule has 2 aliphatic carbocycles. The normalized spacial score (nSPS) is 34.7. The van der Waals surface area contributed by atoms with Crippen molar-refractivity contribution in [2.45, 2.75) is 59.8 Å². The molecule has 0 spiro atoms. The van der Waals surface area contributed by atoms with E-state index in [4.69, 9.17) is 0 Å². The predicted octanol–water partition coefficient (Wildman–Crippen LogP) is 3.83. The molecule has 2 saturated carbocycles. The number of fused-ring (bicyclic) bond motifs is 2. The summed E-state index contributed by atoms with van der Waals surface area (Å²) in [6.45, 7) is 8.42. The Kier molecular flexibility index (Phi) is 3.83. The van der Waals surface area contributed by atoms with Crippen molar-refractivity contribution >= 4 is 11.8 Å². The van der Waals surface area contributed by atoms with Crippen molar-refractivity contribution in [3.63, 3.8) is 0 Å². The average molecular weight is 278 g/mol. The zero-order valence-corrected chi connectivity index (χ0v) is 13.0. The summed E-state index contributed by atoms with van der Waals surface area (Å²) in [5.74, 6) is -0.873. The first-order valence-electron chi connectivity index (χ1n) is 7.75. The molecule has 3 nitrogen and oxygen atoms in total. The number of ketones is 1. The van der Waals surface area contributed by atoms with Crippen LogP contribution in [0.4, 0.5) is 0 Å². The highest BCUT2D eigenvalue weighted by atomic mass is 16.4. The van der Waals surface area contributed by atoms with E-state index in [9.17, 15) is 14.7 Å². The van der Waals surface area contributed by atoms with Gasteiger partial charge < -0.3 is 5.11 Å². The summed E-state index contributed by atoms with van der Waals surface area (Å²) in [7, 11) is 0. The monoisotopic (exact) mass is 278 g/mol. The van der Waals surface area contributed by atoms with Crippen LogP contribution in [0.5, 0.6) is 0 Å². The van der Waals surface area contributed by atoms with Gasteiger partial charge in [0.25, 0.3) is 0 Å². The lowest BCUT2D eigenvalue weighted by atomic mass is 9.70. The summed E-state index contributed by atoms with van der Waals surface area (Å²) >= 11 is 0. The van der Waals surface area contributed by atoms with Crippen LogP contribution in [-0.2, 0) is 9.59 Å². The summed E-state index contributed by atoms with van der Waals surface area (Å²) in [5, 5.41) is 9.36. The molecule has 112 valence electrons. The minimum Gasteiger partial charge on any atom is -0.481 e. The molecule has 2 fully saturated rings. The Labute approximate surface area is 121 Å². The molecule has 0 radical (unpaired) electrons. The summed E-state index contributed by atoms with van der Waals surface area (Å²) < 4.78 is 0. The summed E-state index contributed by atoms with van der Waals surface area (Å²) in [4.78, 5) is 24.1. The van der Waals surface area contributed by atoms with Gasteiger partial charge in [0.05, 0.1) is 5.92 Å². The van der Waals surface area contributed by atoms with E-state index in [0.717, 1.165) is 31.3 Å². The van der Waals surface area contributed by atoms with Crippen LogP contribution >= 0.6 is 0 Å². The van der Waals surface area contributed by atoms with Gasteiger partial charge in [-0.25, -0.2) is 0 Å². The van der Waals surface area contributed by atoms with Crippen molar-refractivity contribution < 1.29 is 14.7 Å². The number of hydrogen-bond donors (Lipinski definition) is 1. The summed E-state index contributed by atoms with van der Waals surface area (Å²) in [6, 6.07) is 0. The molecular formula is C17H26O3. The number of carboxylic acid groups (broad SMARTS) is 1. The van der Waals surface area contributed by atoms with Gasteiger partial charge in [-0.15, -0.1) is 0 Å². The largest absolute Gasteiger partial charge is 0.481 e. The van der Waals surface area contributed by atoms with E-state index in [0.29, 0.717) is 6.42 Å². The summed E-state index contributed by atoms with van der Waals surface area (Å²) in [5.41, 5.74) is 0.466. The van der Waals surface area contributed by atoms with E-state index in [2.05, 4.69) is 27.7 Å². The first-order chi connectivity index (χ1) is 9.25. The molecule has 1 N–H and O–H groups in total. The third-order valence-corrected chi connectivity index (χ3v) is 5.93. The maximum Gasteiger partial charge on any atom is 0.310 e. The molecule has 2 aliphatic rings. The van der Waals surface area contributed by atoms with E-state index < -0.39 is 11.9 Å². The number of unbranched alkanes of at least 4 members (excludes halogenated alkanes) is 1. The fraction of sp³-hybridized carbons (Fsp3) is 0.765. The lowest BCUT2D eigenvalue weighted by Crippen LogP contribution is -2.32. The molecule has 3 heteroatoms. The fourth-order valence-electron chi connectivity index (χ4n) is 4.04.